The number of nitro benzene ring substituents is 1. The van der Waals surface area contributed by atoms with Gasteiger partial charge in [-0.1, -0.05) is 12.1 Å². The summed E-state index contributed by atoms with van der Waals surface area (Å²) in [6.07, 6.45) is 0. The van der Waals surface area contributed by atoms with Crippen LogP contribution in [0.3, 0.4) is 0 Å². The van der Waals surface area contributed by atoms with Crippen LogP contribution >= 0.6 is 24.8 Å². The number of halogens is 3. The monoisotopic (exact) mass is 355 g/mol. The van der Waals surface area contributed by atoms with Crippen LogP contribution in [0.1, 0.15) is 17.2 Å². The van der Waals surface area contributed by atoms with Gasteiger partial charge < -0.3 is 10.4 Å². The van der Waals surface area contributed by atoms with Gasteiger partial charge in [0.25, 0.3) is 0 Å². The predicted octanol–water partition coefficient (Wildman–Crippen LogP) is 2.37. The molecular weight excluding hydrogens is 336 g/mol. The number of rotatable bonds is 4. The zero-order valence-corrected chi connectivity index (χ0v) is 13.8. The van der Waals surface area contributed by atoms with Crippen LogP contribution in [0.2, 0.25) is 0 Å². The molecule has 0 amide bonds. The predicted molar refractivity (Wildman–Crippen MR) is 87.2 cm³/mol. The Hall–Kier alpha value is -1.15. The fraction of sp³-hybridized carbons (Fsp3) is 0.538. The molecule has 0 unspecified atom stereocenters. The second-order valence-electron chi connectivity index (χ2n) is 4.88. The Balaban J connectivity index is 0.00000220. The highest BCUT2D eigenvalue weighted by atomic mass is 35.5. The van der Waals surface area contributed by atoms with Gasteiger partial charge >= 0.3 is 5.69 Å². The van der Waals surface area contributed by atoms with E-state index in [9.17, 15) is 19.6 Å². The van der Waals surface area contributed by atoms with Crippen molar-refractivity contribution in [3.05, 3.63) is 33.4 Å². The maximum atomic E-state index is 13.4. The average Bonchev–Trinajstić information content (AvgIpc) is 2.43. The molecule has 1 aromatic carbocycles. The van der Waals surface area contributed by atoms with Crippen LogP contribution in [0, 0.1) is 17.0 Å². The zero-order chi connectivity index (χ0) is 14.7. The Labute approximate surface area is 140 Å². The van der Waals surface area contributed by atoms with Gasteiger partial charge in [0.1, 0.15) is 6.67 Å². The molecule has 1 heterocycles. The summed E-state index contributed by atoms with van der Waals surface area (Å²) in [4.78, 5) is 12.3. The second-order valence-corrected chi connectivity index (χ2v) is 4.88. The highest BCUT2D eigenvalue weighted by molar-refractivity contribution is 5.85. The lowest BCUT2D eigenvalue weighted by atomic mass is 10.0. The minimum Gasteiger partial charge on any atom is -0.502 e. The van der Waals surface area contributed by atoms with Crippen LogP contribution in [0.25, 0.3) is 0 Å². The van der Waals surface area contributed by atoms with Crippen molar-refractivity contribution in [1.29, 1.82) is 0 Å². The number of hydrogen-bond donors (Lipinski definition) is 2. The molecule has 1 saturated heterocycles. The number of benzene rings is 1. The van der Waals surface area contributed by atoms with Crippen molar-refractivity contribution in [2.45, 2.75) is 13.0 Å². The first-order valence-electron chi connectivity index (χ1n) is 6.53. The van der Waals surface area contributed by atoms with Gasteiger partial charge in [0.15, 0.2) is 5.75 Å². The molecule has 1 aliphatic heterocycles. The van der Waals surface area contributed by atoms with Crippen LogP contribution in [0.4, 0.5) is 10.1 Å². The number of piperazine rings is 1. The number of alkyl halides is 1. The van der Waals surface area contributed by atoms with E-state index in [0.29, 0.717) is 18.7 Å². The summed E-state index contributed by atoms with van der Waals surface area (Å²) in [6.45, 7) is 3.65. The fourth-order valence-corrected chi connectivity index (χ4v) is 2.57. The van der Waals surface area contributed by atoms with Crippen molar-refractivity contribution >= 4 is 30.5 Å². The van der Waals surface area contributed by atoms with Crippen molar-refractivity contribution in [3.63, 3.8) is 0 Å². The van der Waals surface area contributed by atoms with E-state index in [4.69, 9.17) is 0 Å². The Morgan fingerprint density at radius 2 is 2.00 bits per heavy atom. The number of hydrogen-bond acceptors (Lipinski definition) is 5. The summed E-state index contributed by atoms with van der Waals surface area (Å²) in [6, 6.07) is 2.48. The standard InChI is InChI=1S/C13H18FN3O3.2ClH/c1-9-2-3-10(13(18)12(9)17(19)20)11(8-14)16-6-4-15-5-7-16;;/h2-3,11,15,18H,4-8H2,1H3;2*1H/t11-;;/m1../s1. The first-order valence-corrected chi connectivity index (χ1v) is 6.53. The zero-order valence-electron chi connectivity index (χ0n) is 12.1. The second kappa shape index (κ2) is 9.09. The van der Waals surface area contributed by atoms with Gasteiger partial charge in [0.05, 0.1) is 11.0 Å². The Morgan fingerprint density at radius 1 is 1.41 bits per heavy atom. The van der Waals surface area contributed by atoms with Crippen molar-refractivity contribution in [1.82, 2.24) is 10.2 Å². The largest absolute Gasteiger partial charge is 0.502 e. The Kier molecular flexibility index (Phi) is 8.62. The van der Waals surface area contributed by atoms with Gasteiger partial charge in [-0.25, -0.2) is 4.39 Å². The van der Waals surface area contributed by atoms with E-state index >= 15 is 0 Å². The van der Waals surface area contributed by atoms with Crippen molar-refractivity contribution in [2.24, 2.45) is 0 Å². The van der Waals surface area contributed by atoms with E-state index in [-0.39, 0.29) is 36.1 Å². The van der Waals surface area contributed by atoms with E-state index in [1.807, 2.05) is 4.90 Å². The fourth-order valence-electron chi connectivity index (χ4n) is 2.57. The van der Waals surface area contributed by atoms with Gasteiger partial charge in [-0.2, -0.15) is 0 Å². The third-order valence-corrected chi connectivity index (χ3v) is 3.66. The van der Waals surface area contributed by atoms with Gasteiger partial charge in [-0.05, 0) is 6.92 Å². The number of aryl methyl sites for hydroxylation is 1. The molecule has 1 aliphatic rings. The molecule has 22 heavy (non-hydrogen) atoms. The van der Waals surface area contributed by atoms with Crippen LogP contribution in [0.15, 0.2) is 12.1 Å². The van der Waals surface area contributed by atoms with Crippen LogP contribution < -0.4 is 5.32 Å². The number of nitrogens with one attached hydrogen (secondary N) is 1. The maximum absolute atomic E-state index is 13.4. The molecule has 9 heteroatoms. The Morgan fingerprint density at radius 3 is 2.50 bits per heavy atom. The molecule has 1 atom stereocenters. The molecule has 1 fully saturated rings. The molecule has 1 aromatic rings. The molecule has 0 aliphatic carbocycles. The van der Waals surface area contributed by atoms with Crippen LogP contribution in [0.5, 0.6) is 5.75 Å². The SMILES string of the molecule is Cc1ccc([C@@H](CF)N2CCNCC2)c(O)c1[N+](=O)[O-].Cl.Cl. The van der Waals surface area contributed by atoms with E-state index in [1.54, 1.807) is 19.1 Å². The summed E-state index contributed by atoms with van der Waals surface area (Å²) in [7, 11) is 0. The third kappa shape index (κ3) is 4.19. The lowest BCUT2D eigenvalue weighted by Crippen LogP contribution is -2.45. The van der Waals surface area contributed by atoms with Gasteiger partial charge in [0.2, 0.25) is 0 Å². The van der Waals surface area contributed by atoms with Crippen LogP contribution in [-0.2, 0) is 0 Å². The van der Waals surface area contributed by atoms with Crippen molar-refractivity contribution < 1.29 is 14.4 Å². The van der Waals surface area contributed by atoms with Crippen molar-refractivity contribution in [2.75, 3.05) is 32.9 Å². The molecule has 0 spiro atoms. The topological polar surface area (TPSA) is 78.6 Å². The summed E-state index contributed by atoms with van der Waals surface area (Å²) < 4.78 is 13.4. The lowest BCUT2D eigenvalue weighted by molar-refractivity contribution is -0.386. The molecule has 0 radical (unpaired) electrons. The minimum absolute atomic E-state index is 0. The normalized spacial score (nSPS) is 16.3. The molecule has 126 valence electrons. The molecule has 2 N–H and O–H groups in total. The first kappa shape index (κ1) is 20.9. The highest BCUT2D eigenvalue weighted by Crippen LogP contribution is 2.38. The minimum atomic E-state index is -0.687. The Bertz CT molecular complexity index is 514. The van der Waals surface area contributed by atoms with E-state index < -0.39 is 23.4 Å². The van der Waals surface area contributed by atoms with E-state index in [0.717, 1.165) is 13.1 Å². The average molecular weight is 356 g/mol. The first-order chi connectivity index (χ1) is 9.56. The summed E-state index contributed by atoms with van der Waals surface area (Å²) >= 11 is 0. The molecule has 2 rings (SSSR count). The summed E-state index contributed by atoms with van der Waals surface area (Å²) in [5.74, 6) is -0.420. The number of nitrogens with zero attached hydrogens (tertiary/aromatic N) is 2. The molecular formula is C13H20Cl2FN3O3. The quantitative estimate of drug-likeness (QED) is 0.640. The maximum Gasteiger partial charge on any atom is 0.313 e. The number of aromatic hydroxyl groups is 1. The number of nitro groups is 1. The molecule has 6 nitrogen and oxygen atoms in total. The number of phenols is 1. The molecule has 0 bridgehead atoms. The van der Waals surface area contributed by atoms with Crippen molar-refractivity contribution in [3.8, 4) is 5.75 Å². The van der Waals surface area contributed by atoms with Gasteiger partial charge in [0, 0.05) is 37.3 Å². The molecule has 0 aromatic heterocycles. The summed E-state index contributed by atoms with van der Waals surface area (Å²) in [5.41, 5.74) is 0.317. The number of phenolic OH excluding ortho intramolecular Hbond substituents is 1. The highest BCUT2D eigenvalue weighted by Gasteiger charge is 2.29. The summed E-state index contributed by atoms with van der Waals surface area (Å²) in [5, 5.41) is 24.3. The van der Waals surface area contributed by atoms with E-state index in [1.165, 1.54) is 0 Å². The van der Waals surface area contributed by atoms with E-state index in [2.05, 4.69) is 5.32 Å². The third-order valence-electron chi connectivity index (χ3n) is 3.66. The molecule has 0 saturated carbocycles. The van der Waals surface area contributed by atoms with Gasteiger partial charge in [-0.15, -0.1) is 24.8 Å². The van der Waals surface area contributed by atoms with Gasteiger partial charge in [-0.3, -0.25) is 15.0 Å². The smallest absolute Gasteiger partial charge is 0.313 e. The lowest BCUT2D eigenvalue weighted by Gasteiger charge is -2.33. The van der Waals surface area contributed by atoms with Crippen LogP contribution in [-0.4, -0.2) is 47.8 Å².